The Hall–Kier alpha value is -1.10. The summed E-state index contributed by atoms with van der Waals surface area (Å²) in [6.45, 7) is 2.78. The van der Waals surface area contributed by atoms with E-state index in [0.29, 0.717) is 30.1 Å². The highest BCUT2D eigenvalue weighted by Gasteiger charge is 2.55. The summed E-state index contributed by atoms with van der Waals surface area (Å²) >= 11 is 0. The van der Waals surface area contributed by atoms with E-state index in [1.54, 1.807) is 6.07 Å². The summed E-state index contributed by atoms with van der Waals surface area (Å²) in [7, 11) is 0. The van der Waals surface area contributed by atoms with Gasteiger partial charge in [0.25, 0.3) is 0 Å². The first-order valence-corrected chi connectivity index (χ1v) is 8.87. The van der Waals surface area contributed by atoms with E-state index >= 15 is 0 Å². The Kier molecular flexibility index (Phi) is 3.67. The van der Waals surface area contributed by atoms with E-state index < -0.39 is 0 Å². The lowest BCUT2D eigenvalue weighted by Gasteiger charge is -2.51. The second kappa shape index (κ2) is 5.47. The molecule has 0 heterocycles. The minimum atomic E-state index is -0.154. The Morgan fingerprint density at radius 3 is 2.87 bits per heavy atom. The number of rotatable bonds is 2. The van der Waals surface area contributed by atoms with Crippen LogP contribution in [0.5, 0.6) is 5.75 Å². The zero-order valence-electron chi connectivity index (χ0n) is 13.7. The van der Waals surface area contributed by atoms with Gasteiger partial charge >= 0.3 is 0 Å². The van der Waals surface area contributed by atoms with E-state index in [1.165, 1.54) is 11.1 Å². The van der Waals surface area contributed by atoms with Crippen molar-refractivity contribution >= 4 is 0 Å². The van der Waals surface area contributed by atoms with E-state index in [4.69, 9.17) is 10.7 Å². The molecule has 1 aromatic carbocycles. The highest BCUT2D eigenvalue weighted by molar-refractivity contribution is 5.42. The molecule has 3 aliphatic carbocycles. The third-order valence-electron chi connectivity index (χ3n) is 7.15. The van der Waals surface area contributed by atoms with Gasteiger partial charge in [0, 0.05) is 5.92 Å². The average molecular weight is 317 g/mol. The predicted octanol–water partition coefficient (Wildman–Crippen LogP) is 3.04. The maximum absolute atomic E-state index is 10.5. The molecule has 0 amide bonds. The molecule has 4 rings (SSSR count). The molecule has 4 N–H and O–H groups in total. The number of hydrogen-bond acceptors (Lipinski definition) is 4. The molecule has 4 nitrogen and oxygen atoms in total. The molecule has 2 saturated carbocycles. The number of benzene rings is 1. The monoisotopic (exact) mass is 317 g/mol. The molecule has 6 atom stereocenters. The zero-order valence-corrected chi connectivity index (χ0v) is 13.7. The van der Waals surface area contributed by atoms with Gasteiger partial charge in [0.1, 0.15) is 5.75 Å². The fraction of sp³-hybridized carbons (Fsp3) is 0.684. The van der Waals surface area contributed by atoms with Crippen LogP contribution in [0.15, 0.2) is 18.2 Å². The molecule has 1 aromatic rings. The maximum Gasteiger partial charge on any atom is 0.115 e. The van der Waals surface area contributed by atoms with Crippen molar-refractivity contribution in [3.05, 3.63) is 29.3 Å². The molecule has 2 fully saturated rings. The molecule has 0 radical (unpaired) electrons. The standard InChI is InChI=1S/C19H27NO3/c1-19-7-6-14-13-3-2-12(21)9-15(13)11(10-23-20)8-16(14)17(19)4-5-18(19)22/h2-3,9,11,14,16-18,21-22H,4-8,10,20H2,1H3/t11-,14?,16+,17?,18?,19-/m0/s1. The first-order chi connectivity index (χ1) is 11.0. The van der Waals surface area contributed by atoms with Crippen molar-refractivity contribution in [2.45, 2.75) is 57.0 Å². The van der Waals surface area contributed by atoms with Gasteiger partial charge in [0.05, 0.1) is 12.7 Å². The fourth-order valence-electron chi connectivity index (χ4n) is 5.96. The summed E-state index contributed by atoms with van der Waals surface area (Å²) in [5, 5.41) is 20.4. The number of hydrogen-bond donors (Lipinski definition) is 3. The van der Waals surface area contributed by atoms with Crippen molar-refractivity contribution in [1.29, 1.82) is 0 Å². The van der Waals surface area contributed by atoms with Gasteiger partial charge in [0.15, 0.2) is 0 Å². The van der Waals surface area contributed by atoms with Crippen molar-refractivity contribution in [1.82, 2.24) is 0 Å². The first-order valence-electron chi connectivity index (χ1n) is 8.87. The van der Waals surface area contributed by atoms with Crippen LogP contribution in [-0.4, -0.2) is 22.9 Å². The maximum atomic E-state index is 10.5. The normalized spacial score (nSPS) is 42.0. The lowest BCUT2D eigenvalue weighted by atomic mass is 9.54. The minimum absolute atomic E-state index is 0.0731. The average Bonchev–Trinajstić information content (AvgIpc) is 2.83. The third-order valence-corrected chi connectivity index (χ3v) is 7.15. The van der Waals surface area contributed by atoms with Crippen LogP contribution in [0.25, 0.3) is 0 Å². The van der Waals surface area contributed by atoms with E-state index in [0.717, 1.165) is 32.1 Å². The number of fused-ring (bicyclic) bond motifs is 5. The van der Waals surface area contributed by atoms with Gasteiger partial charge in [-0.25, -0.2) is 5.90 Å². The number of phenols is 1. The molecule has 0 bridgehead atoms. The number of phenolic OH excluding ortho intramolecular Hbond substituents is 1. The van der Waals surface area contributed by atoms with E-state index in [2.05, 4.69) is 13.0 Å². The topological polar surface area (TPSA) is 75.7 Å². The Morgan fingerprint density at radius 1 is 1.26 bits per heavy atom. The van der Waals surface area contributed by atoms with Crippen LogP contribution in [0.3, 0.4) is 0 Å². The predicted molar refractivity (Wildman–Crippen MR) is 87.9 cm³/mol. The van der Waals surface area contributed by atoms with E-state index in [-0.39, 0.29) is 17.4 Å². The molecular weight excluding hydrogens is 290 g/mol. The van der Waals surface area contributed by atoms with Crippen LogP contribution >= 0.6 is 0 Å². The van der Waals surface area contributed by atoms with Gasteiger partial charge in [-0.2, -0.15) is 0 Å². The summed E-state index contributed by atoms with van der Waals surface area (Å²) in [6.07, 6.45) is 5.18. The summed E-state index contributed by atoms with van der Waals surface area (Å²) in [5.74, 6) is 7.65. The number of nitrogens with two attached hydrogens (primary N) is 1. The summed E-state index contributed by atoms with van der Waals surface area (Å²) in [4.78, 5) is 4.98. The molecule has 3 unspecified atom stereocenters. The third kappa shape index (κ3) is 2.23. The van der Waals surface area contributed by atoms with Gasteiger partial charge in [0.2, 0.25) is 0 Å². The van der Waals surface area contributed by atoms with Crippen molar-refractivity contribution in [2.24, 2.45) is 23.1 Å². The SMILES string of the molecule is C[C@]12CCC3c4ccc(O)cc4[C@H](CON)C[C@H]3C1CCC2O. The minimum Gasteiger partial charge on any atom is -0.508 e. The van der Waals surface area contributed by atoms with Crippen molar-refractivity contribution in [3.63, 3.8) is 0 Å². The Morgan fingerprint density at radius 2 is 2.09 bits per heavy atom. The van der Waals surface area contributed by atoms with Crippen LogP contribution in [0.2, 0.25) is 0 Å². The largest absolute Gasteiger partial charge is 0.508 e. The van der Waals surface area contributed by atoms with Gasteiger partial charge in [-0.15, -0.1) is 0 Å². The lowest BCUT2D eigenvalue weighted by Crippen LogP contribution is -2.44. The Labute approximate surface area is 137 Å². The number of aliphatic hydroxyl groups is 1. The van der Waals surface area contributed by atoms with E-state index in [9.17, 15) is 10.2 Å². The second-order valence-corrected chi connectivity index (χ2v) is 8.09. The van der Waals surface area contributed by atoms with Crippen molar-refractivity contribution in [3.8, 4) is 5.75 Å². The molecule has 3 aliphatic rings. The van der Waals surface area contributed by atoms with Crippen molar-refractivity contribution in [2.75, 3.05) is 6.61 Å². The van der Waals surface area contributed by atoms with Gasteiger partial charge < -0.3 is 15.1 Å². The van der Waals surface area contributed by atoms with Crippen LogP contribution in [0.4, 0.5) is 0 Å². The molecule has 0 aromatic heterocycles. The summed E-state index contributed by atoms with van der Waals surface area (Å²) in [6, 6.07) is 5.80. The van der Waals surface area contributed by atoms with Gasteiger partial charge in [-0.3, -0.25) is 0 Å². The highest BCUT2D eigenvalue weighted by Crippen LogP contribution is 2.62. The van der Waals surface area contributed by atoms with Crippen LogP contribution in [0.1, 0.15) is 62.0 Å². The first kappa shape index (κ1) is 15.4. The molecule has 0 saturated heterocycles. The van der Waals surface area contributed by atoms with Gasteiger partial charge in [-0.05, 0) is 78.5 Å². The molecule has 23 heavy (non-hydrogen) atoms. The number of aromatic hydroxyl groups is 1. The lowest BCUT2D eigenvalue weighted by molar-refractivity contribution is -0.0283. The quantitative estimate of drug-likeness (QED) is 0.733. The summed E-state index contributed by atoms with van der Waals surface area (Å²) in [5.41, 5.74) is 2.65. The van der Waals surface area contributed by atoms with Gasteiger partial charge in [-0.1, -0.05) is 13.0 Å². The van der Waals surface area contributed by atoms with E-state index in [1.807, 2.05) is 6.07 Å². The molecule has 0 spiro atoms. The fourth-order valence-corrected chi connectivity index (χ4v) is 5.96. The highest BCUT2D eigenvalue weighted by atomic mass is 16.6. The Bertz CT molecular complexity index is 604. The smallest absolute Gasteiger partial charge is 0.115 e. The second-order valence-electron chi connectivity index (χ2n) is 8.09. The molecular formula is C19H27NO3. The van der Waals surface area contributed by atoms with Crippen molar-refractivity contribution < 1.29 is 15.1 Å². The summed E-state index contributed by atoms with van der Waals surface area (Å²) < 4.78 is 0. The van der Waals surface area contributed by atoms with Crippen LogP contribution in [0, 0.1) is 17.3 Å². The molecule has 126 valence electrons. The zero-order chi connectivity index (χ0) is 16.2. The Balaban J connectivity index is 1.74. The molecule has 4 heteroatoms. The van der Waals surface area contributed by atoms with Crippen LogP contribution in [-0.2, 0) is 4.84 Å². The number of aliphatic hydroxyl groups excluding tert-OH is 1. The molecule has 0 aliphatic heterocycles. The van der Waals surface area contributed by atoms with Crippen LogP contribution < -0.4 is 5.90 Å².